The maximum absolute atomic E-state index is 11.5. The van der Waals surface area contributed by atoms with E-state index in [9.17, 15) is 15.2 Å². The number of nitro groups is 1. The lowest BCUT2D eigenvalue weighted by Gasteiger charge is -2.14. The molecule has 3 rings (SSSR count). The molecule has 0 fully saturated rings. The summed E-state index contributed by atoms with van der Waals surface area (Å²) >= 11 is 0. The van der Waals surface area contributed by atoms with E-state index in [2.05, 4.69) is 0 Å². The van der Waals surface area contributed by atoms with Crippen LogP contribution in [0.1, 0.15) is 17.2 Å². The van der Waals surface area contributed by atoms with E-state index >= 15 is 0 Å². The van der Waals surface area contributed by atoms with Crippen LogP contribution in [0.15, 0.2) is 60.7 Å². The van der Waals surface area contributed by atoms with Crippen molar-refractivity contribution >= 4 is 5.69 Å². The largest absolute Gasteiger partial charge is 0.497 e. The van der Waals surface area contributed by atoms with Crippen LogP contribution in [-0.2, 0) is 6.42 Å². The Kier molecular flexibility index (Phi) is 6.54. The average Bonchev–Trinajstić information content (AvgIpc) is 2.78. The number of aliphatic hydroxyl groups excluding tert-OH is 1. The van der Waals surface area contributed by atoms with Gasteiger partial charge in [0.1, 0.15) is 5.75 Å². The topological polar surface area (TPSA) is 91.1 Å². The van der Waals surface area contributed by atoms with Crippen molar-refractivity contribution in [2.45, 2.75) is 12.5 Å². The maximum Gasteiger partial charge on any atom is 0.276 e. The molecular weight excluding hydrogens is 386 g/mol. The predicted molar refractivity (Wildman–Crippen MR) is 113 cm³/mol. The van der Waals surface area contributed by atoms with Gasteiger partial charge in [0.05, 0.1) is 38.4 Å². The Morgan fingerprint density at radius 3 is 1.90 bits per heavy atom. The average molecular weight is 409 g/mol. The van der Waals surface area contributed by atoms with Gasteiger partial charge in [-0.2, -0.15) is 0 Å². The highest BCUT2D eigenvalue weighted by Crippen LogP contribution is 2.36. The number of aliphatic hydroxyl groups is 1. The summed E-state index contributed by atoms with van der Waals surface area (Å²) < 4.78 is 15.6. The minimum atomic E-state index is -0.910. The molecule has 0 aromatic heterocycles. The molecule has 0 aliphatic heterocycles. The van der Waals surface area contributed by atoms with E-state index in [1.165, 1.54) is 26.4 Å². The number of rotatable bonds is 8. The third-order valence-electron chi connectivity index (χ3n) is 4.91. The van der Waals surface area contributed by atoms with E-state index < -0.39 is 11.0 Å². The van der Waals surface area contributed by atoms with E-state index in [1.54, 1.807) is 7.11 Å². The number of ether oxygens (including phenoxy) is 3. The first kappa shape index (κ1) is 21.1. The van der Waals surface area contributed by atoms with Gasteiger partial charge in [0.2, 0.25) is 0 Å². The van der Waals surface area contributed by atoms with E-state index in [0.29, 0.717) is 16.9 Å². The molecule has 156 valence electrons. The smallest absolute Gasteiger partial charge is 0.276 e. The highest BCUT2D eigenvalue weighted by atomic mass is 16.6. The summed E-state index contributed by atoms with van der Waals surface area (Å²) in [5, 5.41) is 22.2. The van der Waals surface area contributed by atoms with Crippen molar-refractivity contribution in [2.75, 3.05) is 21.3 Å². The highest BCUT2D eigenvalue weighted by molar-refractivity contribution is 5.64. The van der Waals surface area contributed by atoms with Gasteiger partial charge in [-0.05, 0) is 34.9 Å². The monoisotopic (exact) mass is 409 g/mol. The molecule has 1 N–H and O–H groups in total. The van der Waals surface area contributed by atoms with Crippen molar-refractivity contribution in [3.05, 3.63) is 81.9 Å². The van der Waals surface area contributed by atoms with Crippen molar-refractivity contribution in [2.24, 2.45) is 0 Å². The molecular formula is C23H23NO6. The van der Waals surface area contributed by atoms with Gasteiger partial charge < -0.3 is 19.3 Å². The van der Waals surface area contributed by atoms with E-state index in [-0.39, 0.29) is 17.9 Å². The molecule has 0 heterocycles. The lowest BCUT2D eigenvalue weighted by atomic mass is 9.97. The molecule has 1 unspecified atom stereocenters. The van der Waals surface area contributed by atoms with Crippen LogP contribution in [-0.4, -0.2) is 31.4 Å². The second-order valence-electron chi connectivity index (χ2n) is 6.66. The number of nitrogens with zero attached hydrogens (tertiary/aromatic N) is 1. The molecule has 0 radical (unpaired) electrons. The molecule has 0 saturated heterocycles. The summed E-state index contributed by atoms with van der Waals surface area (Å²) in [6, 6.07) is 18.0. The first-order valence-corrected chi connectivity index (χ1v) is 9.28. The summed E-state index contributed by atoms with van der Waals surface area (Å²) in [7, 11) is 4.50. The Labute approximate surface area is 174 Å². The molecule has 0 amide bonds. The van der Waals surface area contributed by atoms with Gasteiger partial charge in [-0.3, -0.25) is 10.1 Å². The first-order valence-electron chi connectivity index (χ1n) is 9.28. The lowest BCUT2D eigenvalue weighted by molar-refractivity contribution is -0.385. The van der Waals surface area contributed by atoms with Crippen molar-refractivity contribution in [1.29, 1.82) is 0 Å². The van der Waals surface area contributed by atoms with Gasteiger partial charge >= 0.3 is 0 Å². The van der Waals surface area contributed by atoms with Crippen LogP contribution in [0.5, 0.6) is 17.2 Å². The maximum atomic E-state index is 11.5. The standard InChI is InChI=1S/C23H23NO6/c1-28-19-10-8-16(9-11-19)15-4-6-17(7-5-15)21(25)12-18-13-22(29-2)23(30-3)14-20(18)24(26)27/h4-11,13-14,21,25H,12H2,1-3H3. The first-order chi connectivity index (χ1) is 14.5. The Balaban J connectivity index is 1.83. The number of methoxy groups -OCH3 is 3. The molecule has 1 atom stereocenters. The third kappa shape index (κ3) is 4.52. The Bertz CT molecular complexity index is 1020. The van der Waals surface area contributed by atoms with Crippen LogP contribution in [0.4, 0.5) is 5.69 Å². The summed E-state index contributed by atoms with van der Waals surface area (Å²) in [5.41, 5.74) is 2.92. The van der Waals surface area contributed by atoms with Crippen molar-refractivity contribution in [1.82, 2.24) is 0 Å². The minimum Gasteiger partial charge on any atom is -0.497 e. The number of hydrogen-bond acceptors (Lipinski definition) is 6. The molecule has 7 nitrogen and oxygen atoms in total. The summed E-state index contributed by atoms with van der Waals surface area (Å²) in [5.74, 6) is 1.42. The zero-order chi connectivity index (χ0) is 21.7. The van der Waals surface area contributed by atoms with Gasteiger partial charge in [-0.1, -0.05) is 36.4 Å². The quantitative estimate of drug-likeness (QED) is 0.433. The number of nitro benzene ring substituents is 1. The fourth-order valence-electron chi connectivity index (χ4n) is 3.25. The van der Waals surface area contributed by atoms with Crippen LogP contribution >= 0.6 is 0 Å². The minimum absolute atomic E-state index is 0.0680. The SMILES string of the molecule is COc1ccc(-c2ccc(C(O)Cc3cc(OC)c(OC)cc3[N+](=O)[O-])cc2)cc1. The fourth-order valence-corrected chi connectivity index (χ4v) is 3.25. The van der Waals surface area contributed by atoms with Gasteiger partial charge in [-0.25, -0.2) is 0 Å². The van der Waals surface area contributed by atoms with Gasteiger partial charge in [0.25, 0.3) is 5.69 Å². The molecule has 0 aliphatic carbocycles. The Morgan fingerprint density at radius 2 is 1.40 bits per heavy atom. The lowest BCUT2D eigenvalue weighted by Crippen LogP contribution is -2.05. The zero-order valence-electron chi connectivity index (χ0n) is 17.0. The normalized spacial score (nSPS) is 11.6. The van der Waals surface area contributed by atoms with Crippen LogP contribution in [0.25, 0.3) is 11.1 Å². The highest BCUT2D eigenvalue weighted by Gasteiger charge is 2.22. The molecule has 7 heteroatoms. The third-order valence-corrected chi connectivity index (χ3v) is 4.91. The second-order valence-corrected chi connectivity index (χ2v) is 6.66. The molecule has 3 aromatic carbocycles. The molecule has 0 spiro atoms. The van der Waals surface area contributed by atoms with Crippen molar-refractivity contribution in [3.8, 4) is 28.4 Å². The zero-order valence-corrected chi connectivity index (χ0v) is 17.0. The van der Waals surface area contributed by atoms with Gasteiger partial charge in [0.15, 0.2) is 11.5 Å². The van der Waals surface area contributed by atoms with E-state index in [0.717, 1.165) is 16.9 Å². The van der Waals surface area contributed by atoms with Gasteiger partial charge in [-0.15, -0.1) is 0 Å². The Morgan fingerprint density at radius 1 is 0.867 bits per heavy atom. The summed E-state index contributed by atoms with van der Waals surface area (Å²) in [6.07, 6.45) is -0.842. The van der Waals surface area contributed by atoms with Crippen LogP contribution in [0.2, 0.25) is 0 Å². The number of benzene rings is 3. The second kappa shape index (κ2) is 9.28. The summed E-state index contributed by atoms with van der Waals surface area (Å²) in [6.45, 7) is 0. The van der Waals surface area contributed by atoms with Crippen molar-refractivity contribution < 1.29 is 24.2 Å². The Hall–Kier alpha value is -3.58. The van der Waals surface area contributed by atoms with Crippen LogP contribution < -0.4 is 14.2 Å². The molecule has 0 aliphatic rings. The number of hydrogen-bond donors (Lipinski definition) is 1. The molecule has 0 saturated carbocycles. The van der Waals surface area contributed by atoms with Crippen LogP contribution in [0, 0.1) is 10.1 Å². The fraction of sp³-hybridized carbons (Fsp3) is 0.217. The molecule has 30 heavy (non-hydrogen) atoms. The molecule has 0 bridgehead atoms. The van der Waals surface area contributed by atoms with Crippen molar-refractivity contribution in [3.63, 3.8) is 0 Å². The summed E-state index contributed by atoms with van der Waals surface area (Å²) in [4.78, 5) is 11.0. The van der Waals surface area contributed by atoms with E-state index in [1.807, 2.05) is 48.5 Å². The van der Waals surface area contributed by atoms with Crippen LogP contribution in [0.3, 0.4) is 0 Å². The van der Waals surface area contributed by atoms with Gasteiger partial charge in [0, 0.05) is 12.0 Å². The predicted octanol–water partition coefficient (Wildman–Crippen LogP) is 4.56. The van der Waals surface area contributed by atoms with E-state index in [4.69, 9.17) is 14.2 Å². The molecule has 3 aromatic rings.